The first-order valence-electron chi connectivity index (χ1n) is 13.7. The molecule has 2 aliphatic heterocycles. The van der Waals surface area contributed by atoms with E-state index in [0.29, 0.717) is 40.3 Å². The van der Waals surface area contributed by atoms with Gasteiger partial charge in [0.05, 0.1) is 5.39 Å². The molecule has 6 nitrogen and oxygen atoms in total. The molecule has 7 rings (SSSR count). The average molecular weight is 498 g/mol. The van der Waals surface area contributed by atoms with Gasteiger partial charge in [0.2, 0.25) is 5.95 Å². The van der Waals surface area contributed by atoms with Crippen LogP contribution in [-0.2, 0) is 0 Å². The van der Waals surface area contributed by atoms with E-state index in [1.165, 1.54) is 19.3 Å². The third-order valence-corrected chi connectivity index (χ3v) is 8.77. The van der Waals surface area contributed by atoms with E-state index < -0.39 is 5.82 Å². The Morgan fingerprint density at radius 1 is 1.03 bits per heavy atom. The second kappa shape index (κ2) is 8.82. The highest BCUT2D eigenvalue weighted by atomic mass is 19.1. The van der Waals surface area contributed by atoms with Crippen molar-refractivity contribution in [2.75, 3.05) is 29.4 Å². The highest BCUT2D eigenvalue weighted by molar-refractivity contribution is 6.00. The van der Waals surface area contributed by atoms with Crippen LogP contribution in [0.1, 0.15) is 45.4 Å². The van der Waals surface area contributed by atoms with Crippen molar-refractivity contribution in [3.05, 3.63) is 48.4 Å². The molecule has 2 aromatic heterocycles. The maximum absolute atomic E-state index is 16.5. The number of phenolic OH excluding ortho intramolecular Hbond substituents is 1. The highest BCUT2D eigenvalue weighted by Crippen LogP contribution is 2.41. The number of aromatic hydroxyl groups is 1. The SMILES string of the molecule is CC[C@@H]1CCCN1c1nc(N2CC3CCC(C3)C2)c2cnc(-c3cc(O)cc4ccccc34)c(F)c2n1. The first-order chi connectivity index (χ1) is 18.1. The Labute approximate surface area is 216 Å². The average Bonchev–Trinajstić information content (AvgIpc) is 3.53. The second-order valence-corrected chi connectivity index (χ2v) is 11.1. The molecule has 2 aromatic carbocycles. The number of hydrogen-bond acceptors (Lipinski definition) is 6. The number of anilines is 2. The molecule has 4 aromatic rings. The standard InChI is InChI=1S/C30H32FN5O/c1-2-21-7-5-11-36(21)30-33-28-25(29(34-30)35-16-18-9-10-19(12-18)17-35)15-32-27(26(28)31)24-14-22(37)13-20-6-3-4-8-23(20)24/h3-4,6,8,13-15,18-19,21,37H,2,5,7,9-12,16-17H2,1H3/t18?,19?,21-/m1/s1. The van der Waals surface area contributed by atoms with E-state index in [-0.39, 0.29) is 11.4 Å². The smallest absolute Gasteiger partial charge is 0.228 e. The summed E-state index contributed by atoms with van der Waals surface area (Å²) in [5.41, 5.74) is 1.10. The molecule has 190 valence electrons. The molecule has 3 aliphatic rings. The van der Waals surface area contributed by atoms with Crippen LogP contribution in [0.15, 0.2) is 42.6 Å². The van der Waals surface area contributed by atoms with Crippen molar-refractivity contribution < 1.29 is 9.50 Å². The predicted molar refractivity (Wildman–Crippen MR) is 146 cm³/mol. The zero-order valence-corrected chi connectivity index (χ0v) is 21.2. The third kappa shape index (κ3) is 3.78. The summed E-state index contributed by atoms with van der Waals surface area (Å²) in [6, 6.07) is 11.3. The number of hydrogen-bond donors (Lipinski definition) is 1. The lowest BCUT2D eigenvalue weighted by atomic mass is 9.98. The van der Waals surface area contributed by atoms with Gasteiger partial charge in [-0.25, -0.2) is 9.37 Å². The minimum atomic E-state index is -0.453. The Morgan fingerprint density at radius 2 is 1.84 bits per heavy atom. The Hall–Kier alpha value is -3.48. The fourth-order valence-electron chi connectivity index (χ4n) is 6.98. The van der Waals surface area contributed by atoms with Gasteiger partial charge < -0.3 is 14.9 Å². The van der Waals surface area contributed by atoms with Gasteiger partial charge in [0.15, 0.2) is 5.82 Å². The number of fused-ring (bicyclic) bond motifs is 4. The fraction of sp³-hybridized carbons (Fsp3) is 0.433. The van der Waals surface area contributed by atoms with Crippen LogP contribution in [0.5, 0.6) is 5.75 Å². The molecule has 2 bridgehead atoms. The summed E-state index contributed by atoms with van der Waals surface area (Å²) in [7, 11) is 0. The summed E-state index contributed by atoms with van der Waals surface area (Å²) in [5.74, 6) is 2.44. The second-order valence-electron chi connectivity index (χ2n) is 11.1. The maximum atomic E-state index is 16.5. The Kier molecular flexibility index (Phi) is 5.41. The fourth-order valence-corrected chi connectivity index (χ4v) is 6.98. The lowest BCUT2D eigenvalue weighted by Crippen LogP contribution is -2.38. The lowest BCUT2D eigenvalue weighted by molar-refractivity contribution is 0.419. The van der Waals surface area contributed by atoms with Gasteiger partial charge in [-0.2, -0.15) is 4.98 Å². The van der Waals surface area contributed by atoms with Gasteiger partial charge in [0, 0.05) is 37.4 Å². The Morgan fingerprint density at radius 3 is 2.65 bits per heavy atom. The number of nitrogens with zero attached hydrogens (tertiary/aromatic N) is 5. The first kappa shape index (κ1) is 22.7. The quantitative estimate of drug-likeness (QED) is 0.357. The van der Waals surface area contributed by atoms with Gasteiger partial charge in [-0.3, -0.25) is 4.98 Å². The molecular weight excluding hydrogens is 465 g/mol. The number of rotatable bonds is 4. The van der Waals surface area contributed by atoms with Crippen LogP contribution in [0.25, 0.3) is 32.9 Å². The van der Waals surface area contributed by atoms with Crippen LogP contribution < -0.4 is 9.80 Å². The molecule has 2 unspecified atom stereocenters. The largest absolute Gasteiger partial charge is 0.508 e. The van der Waals surface area contributed by atoms with Crippen molar-refractivity contribution >= 4 is 33.4 Å². The van der Waals surface area contributed by atoms with E-state index in [4.69, 9.17) is 9.97 Å². The van der Waals surface area contributed by atoms with Crippen molar-refractivity contribution in [1.82, 2.24) is 15.0 Å². The van der Waals surface area contributed by atoms with Gasteiger partial charge in [-0.1, -0.05) is 31.2 Å². The number of halogens is 1. The molecular formula is C30H32FN5O. The number of pyridine rings is 1. The number of piperidine rings is 1. The van der Waals surface area contributed by atoms with E-state index >= 15 is 4.39 Å². The van der Waals surface area contributed by atoms with E-state index in [1.807, 2.05) is 24.3 Å². The van der Waals surface area contributed by atoms with Crippen LogP contribution >= 0.6 is 0 Å². The van der Waals surface area contributed by atoms with Crippen LogP contribution in [0, 0.1) is 17.7 Å². The minimum Gasteiger partial charge on any atom is -0.508 e. The molecule has 0 spiro atoms. The molecule has 1 N–H and O–H groups in total. The topological polar surface area (TPSA) is 65.4 Å². The molecule has 37 heavy (non-hydrogen) atoms. The van der Waals surface area contributed by atoms with Gasteiger partial charge in [0.25, 0.3) is 0 Å². The van der Waals surface area contributed by atoms with Gasteiger partial charge in [0.1, 0.15) is 22.8 Å². The Balaban J connectivity index is 1.44. The lowest BCUT2D eigenvalue weighted by Gasteiger charge is -2.34. The van der Waals surface area contributed by atoms with Crippen LogP contribution in [0.3, 0.4) is 0 Å². The molecule has 1 aliphatic carbocycles. The summed E-state index contributed by atoms with van der Waals surface area (Å²) < 4.78 is 16.5. The van der Waals surface area contributed by atoms with Crippen molar-refractivity contribution in [2.24, 2.45) is 11.8 Å². The van der Waals surface area contributed by atoms with Crippen molar-refractivity contribution in [3.8, 4) is 17.0 Å². The molecule has 2 saturated heterocycles. The minimum absolute atomic E-state index is 0.0886. The number of aromatic nitrogens is 3. The summed E-state index contributed by atoms with van der Waals surface area (Å²) in [4.78, 5) is 19.2. The molecule has 1 saturated carbocycles. The third-order valence-electron chi connectivity index (χ3n) is 8.77. The number of benzene rings is 2. The van der Waals surface area contributed by atoms with Crippen molar-refractivity contribution in [1.29, 1.82) is 0 Å². The maximum Gasteiger partial charge on any atom is 0.228 e. The summed E-state index contributed by atoms with van der Waals surface area (Å²) in [5, 5.41) is 12.8. The first-order valence-corrected chi connectivity index (χ1v) is 13.7. The normalized spacial score (nSPS) is 23.5. The molecule has 3 atom stereocenters. The highest BCUT2D eigenvalue weighted by Gasteiger charge is 2.35. The zero-order chi connectivity index (χ0) is 25.1. The molecule has 3 fully saturated rings. The van der Waals surface area contributed by atoms with Crippen LogP contribution in [0.4, 0.5) is 16.2 Å². The monoisotopic (exact) mass is 497 g/mol. The van der Waals surface area contributed by atoms with E-state index in [2.05, 4.69) is 21.7 Å². The van der Waals surface area contributed by atoms with E-state index in [9.17, 15) is 5.11 Å². The summed E-state index contributed by atoms with van der Waals surface area (Å²) in [6.45, 7) is 5.01. The van der Waals surface area contributed by atoms with Gasteiger partial charge in [-0.15, -0.1) is 0 Å². The predicted octanol–water partition coefficient (Wildman–Crippen LogP) is 6.30. The van der Waals surface area contributed by atoms with Gasteiger partial charge >= 0.3 is 0 Å². The number of phenols is 1. The molecule has 0 amide bonds. The molecule has 4 heterocycles. The van der Waals surface area contributed by atoms with Crippen LogP contribution in [-0.4, -0.2) is 45.7 Å². The molecule has 0 radical (unpaired) electrons. The summed E-state index contributed by atoms with van der Waals surface area (Å²) in [6.07, 6.45) is 8.79. The summed E-state index contributed by atoms with van der Waals surface area (Å²) >= 11 is 0. The van der Waals surface area contributed by atoms with Gasteiger partial charge in [-0.05, 0) is 73.3 Å². The Bertz CT molecular complexity index is 1490. The zero-order valence-electron chi connectivity index (χ0n) is 21.2. The van der Waals surface area contributed by atoms with Crippen molar-refractivity contribution in [3.63, 3.8) is 0 Å². The van der Waals surface area contributed by atoms with Crippen molar-refractivity contribution in [2.45, 2.75) is 51.5 Å². The molecule has 7 heteroatoms. The van der Waals surface area contributed by atoms with E-state index in [1.54, 1.807) is 18.3 Å². The van der Waals surface area contributed by atoms with Crippen LogP contribution in [0.2, 0.25) is 0 Å². The van der Waals surface area contributed by atoms with E-state index in [0.717, 1.165) is 55.5 Å².